The number of nitrogens with zero attached hydrogens (tertiary/aromatic N) is 3. The Morgan fingerprint density at radius 2 is 2.21 bits per heavy atom. The summed E-state index contributed by atoms with van der Waals surface area (Å²) in [6.07, 6.45) is 3.25. The van der Waals surface area contributed by atoms with Crippen LogP contribution in [0.2, 0.25) is 0 Å². The van der Waals surface area contributed by atoms with Gasteiger partial charge in [-0.05, 0) is 12.1 Å². The fourth-order valence-corrected chi connectivity index (χ4v) is 1.09. The molecular formula is C9H8N4O. The highest BCUT2D eigenvalue weighted by Gasteiger charge is 2.00. The van der Waals surface area contributed by atoms with Gasteiger partial charge in [0.15, 0.2) is 0 Å². The van der Waals surface area contributed by atoms with Gasteiger partial charge in [0.05, 0.1) is 11.7 Å². The third-order valence-electron chi connectivity index (χ3n) is 1.64. The van der Waals surface area contributed by atoms with Crippen LogP contribution in [0.15, 0.2) is 24.5 Å². The van der Waals surface area contributed by atoms with Gasteiger partial charge in [-0.15, -0.1) is 0 Å². The Bertz CT molecular complexity index is 483. The van der Waals surface area contributed by atoms with Crippen LogP contribution in [0.25, 0.3) is 11.0 Å². The molecular weight excluding hydrogens is 180 g/mol. The molecule has 0 aliphatic heterocycles. The van der Waals surface area contributed by atoms with Crippen LogP contribution in [0.1, 0.15) is 6.92 Å². The Labute approximate surface area is 80.2 Å². The number of aromatic nitrogens is 3. The molecule has 0 atom stereocenters. The van der Waals surface area contributed by atoms with Gasteiger partial charge in [-0.3, -0.25) is 15.1 Å². The van der Waals surface area contributed by atoms with Crippen LogP contribution in [0.3, 0.4) is 0 Å². The van der Waals surface area contributed by atoms with Crippen LogP contribution in [0.5, 0.6) is 0 Å². The summed E-state index contributed by atoms with van der Waals surface area (Å²) in [5.41, 5.74) is 1.42. The first kappa shape index (κ1) is 8.55. The van der Waals surface area contributed by atoms with Gasteiger partial charge in [0.1, 0.15) is 5.52 Å². The smallest absolute Gasteiger partial charge is 0.230 e. The minimum absolute atomic E-state index is 0.187. The normalized spacial score (nSPS) is 10.1. The van der Waals surface area contributed by atoms with E-state index in [1.807, 2.05) is 6.07 Å². The summed E-state index contributed by atoms with van der Waals surface area (Å²) in [6, 6.07) is 3.60. The summed E-state index contributed by atoms with van der Waals surface area (Å²) >= 11 is 0. The highest BCUT2D eigenvalue weighted by atomic mass is 16.1. The predicted octanol–water partition coefficient (Wildman–Crippen LogP) is 0.983. The van der Waals surface area contributed by atoms with Gasteiger partial charge in [0.25, 0.3) is 0 Å². The molecule has 0 saturated heterocycles. The first-order chi connectivity index (χ1) is 6.75. The van der Waals surface area contributed by atoms with Crippen molar-refractivity contribution in [3.63, 3.8) is 0 Å². The molecule has 2 heterocycles. The number of pyridine rings is 1. The summed E-state index contributed by atoms with van der Waals surface area (Å²) in [5, 5.41) is 2.51. The second kappa shape index (κ2) is 3.37. The zero-order valence-electron chi connectivity index (χ0n) is 7.56. The molecule has 0 saturated carbocycles. The van der Waals surface area contributed by atoms with Gasteiger partial charge < -0.3 is 0 Å². The van der Waals surface area contributed by atoms with Crippen molar-refractivity contribution >= 4 is 22.9 Å². The quantitative estimate of drug-likeness (QED) is 0.724. The zero-order valence-corrected chi connectivity index (χ0v) is 7.56. The number of nitrogens with one attached hydrogen (secondary N) is 1. The van der Waals surface area contributed by atoms with E-state index in [0.717, 1.165) is 0 Å². The van der Waals surface area contributed by atoms with Gasteiger partial charge in [-0.2, -0.15) is 0 Å². The van der Waals surface area contributed by atoms with E-state index >= 15 is 0 Å². The van der Waals surface area contributed by atoms with Crippen molar-refractivity contribution in [1.29, 1.82) is 0 Å². The number of hydrogen-bond acceptors (Lipinski definition) is 4. The largest absolute Gasteiger partial charge is 0.295 e. The van der Waals surface area contributed by atoms with Crippen LogP contribution in [0.4, 0.5) is 5.95 Å². The van der Waals surface area contributed by atoms with E-state index in [9.17, 15) is 4.79 Å². The van der Waals surface area contributed by atoms with Crippen molar-refractivity contribution < 1.29 is 4.79 Å². The number of carbonyl (C=O) groups is 1. The number of carbonyl (C=O) groups excluding carboxylic acids is 1. The molecule has 0 fully saturated rings. The first-order valence-electron chi connectivity index (χ1n) is 4.11. The average Bonchev–Trinajstić information content (AvgIpc) is 2.17. The SMILES string of the molecule is CC(=O)Nc1ncc2ncccc2n1. The van der Waals surface area contributed by atoms with Gasteiger partial charge in [0, 0.05) is 13.1 Å². The van der Waals surface area contributed by atoms with Crippen molar-refractivity contribution in [2.45, 2.75) is 6.92 Å². The Morgan fingerprint density at radius 3 is 3.00 bits per heavy atom. The molecule has 2 aromatic heterocycles. The van der Waals surface area contributed by atoms with Crippen molar-refractivity contribution in [3.8, 4) is 0 Å². The maximum Gasteiger partial charge on any atom is 0.230 e. The van der Waals surface area contributed by atoms with E-state index in [1.54, 1.807) is 18.5 Å². The van der Waals surface area contributed by atoms with Crippen LogP contribution in [-0.2, 0) is 4.79 Å². The summed E-state index contributed by atoms with van der Waals surface area (Å²) in [5.74, 6) is 0.117. The molecule has 1 amide bonds. The molecule has 0 radical (unpaired) electrons. The Hall–Kier alpha value is -2.04. The molecule has 0 spiro atoms. The molecule has 2 rings (SSSR count). The molecule has 70 valence electrons. The van der Waals surface area contributed by atoms with E-state index in [1.165, 1.54) is 6.92 Å². The summed E-state index contributed by atoms with van der Waals surface area (Å²) < 4.78 is 0. The molecule has 5 nitrogen and oxygen atoms in total. The van der Waals surface area contributed by atoms with E-state index in [4.69, 9.17) is 0 Å². The molecule has 0 unspecified atom stereocenters. The lowest BCUT2D eigenvalue weighted by Crippen LogP contribution is -2.09. The molecule has 0 aromatic carbocycles. The summed E-state index contributed by atoms with van der Waals surface area (Å²) in [7, 11) is 0. The standard InChI is InChI=1S/C9H8N4O/c1-6(14)12-9-11-5-8-7(13-9)3-2-4-10-8/h2-5H,1H3,(H,11,12,13,14). The van der Waals surface area contributed by atoms with Crippen LogP contribution in [0, 0.1) is 0 Å². The minimum atomic E-state index is -0.187. The molecule has 1 N–H and O–H groups in total. The van der Waals surface area contributed by atoms with Gasteiger partial charge >= 0.3 is 0 Å². The number of amides is 1. The van der Waals surface area contributed by atoms with Gasteiger partial charge in [-0.1, -0.05) is 0 Å². The highest BCUT2D eigenvalue weighted by molar-refractivity contribution is 5.87. The van der Waals surface area contributed by atoms with Crippen LogP contribution >= 0.6 is 0 Å². The minimum Gasteiger partial charge on any atom is -0.295 e. The van der Waals surface area contributed by atoms with E-state index in [0.29, 0.717) is 17.0 Å². The molecule has 2 aromatic rings. The van der Waals surface area contributed by atoms with Gasteiger partial charge in [-0.25, -0.2) is 9.97 Å². The number of anilines is 1. The molecule has 0 bridgehead atoms. The van der Waals surface area contributed by atoms with Gasteiger partial charge in [0.2, 0.25) is 11.9 Å². The maximum absolute atomic E-state index is 10.7. The highest BCUT2D eigenvalue weighted by Crippen LogP contribution is 2.08. The van der Waals surface area contributed by atoms with Crippen LogP contribution < -0.4 is 5.32 Å². The topological polar surface area (TPSA) is 67.8 Å². The van der Waals surface area contributed by atoms with Crippen molar-refractivity contribution in [2.75, 3.05) is 5.32 Å². The monoisotopic (exact) mass is 188 g/mol. The van der Waals surface area contributed by atoms with E-state index in [2.05, 4.69) is 20.3 Å². The zero-order chi connectivity index (χ0) is 9.97. The molecule has 0 aliphatic carbocycles. The van der Waals surface area contributed by atoms with E-state index < -0.39 is 0 Å². The third-order valence-corrected chi connectivity index (χ3v) is 1.64. The molecule has 0 aliphatic rings. The number of hydrogen-bond donors (Lipinski definition) is 1. The maximum atomic E-state index is 10.7. The number of rotatable bonds is 1. The van der Waals surface area contributed by atoms with E-state index in [-0.39, 0.29) is 5.91 Å². The Kier molecular flexibility index (Phi) is 2.06. The Morgan fingerprint density at radius 1 is 1.36 bits per heavy atom. The second-order valence-corrected chi connectivity index (χ2v) is 2.78. The predicted molar refractivity (Wildman–Crippen MR) is 51.6 cm³/mol. The lowest BCUT2D eigenvalue weighted by molar-refractivity contribution is -0.114. The second-order valence-electron chi connectivity index (χ2n) is 2.78. The fourth-order valence-electron chi connectivity index (χ4n) is 1.09. The number of fused-ring (bicyclic) bond motifs is 1. The summed E-state index contributed by atoms with van der Waals surface area (Å²) in [6.45, 7) is 1.41. The fraction of sp³-hybridized carbons (Fsp3) is 0.111. The molecule has 5 heteroatoms. The summed E-state index contributed by atoms with van der Waals surface area (Å²) in [4.78, 5) is 22.9. The first-order valence-corrected chi connectivity index (χ1v) is 4.11. The third kappa shape index (κ3) is 1.66. The van der Waals surface area contributed by atoms with Crippen LogP contribution in [-0.4, -0.2) is 20.9 Å². The average molecular weight is 188 g/mol. The lowest BCUT2D eigenvalue weighted by atomic mass is 10.4. The van der Waals surface area contributed by atoms with Crippen molar-refractivity contribution in [1.82, 2.24) is 15.0 Å². The Balaban J connectivity index is 2.46. The lowest BCUT2D eigenvalue weighted by Gasteiger charge is -2.00. The van der Waals surface area contributed by atoms with Crippen molar-refractivity contribution in [2.24, 2.45) is 0 Å². The van der Waals surface area contributed by atoms with Crippen molar-refractivity contribution in [3.05, 3.63) is 24.5 Å². The molecule has 14 heavy (non-hydrogen) atoms.